The van der Waals surface area contributed by atoms with Gasteiger partial charge in [0.1, 0.15) is 13.2 Å². The van der Waals surface area contributed by atoms with Crippen LogP contribution < -0.4 is 0 Å². The van der Waals surface area contributed by atoms with Gasteiger partial charge in [0, 0.05) is 19.3 Å². The zero-order chi connectivity index (χ0) is 50.7. The van der Waals surface area contributed by atoms with Crippen molar-refractivity contribution in [2.24, 2.45) is 0 Å². The first-order valence-electron chi connectivity index (χ1n) is 31.0. The molecule has 0 saturated carbocycles. The van der Waals surface area contributed by atoms with Gasteiger partial charge < -0.3 is 14.2 Å². The number of carbonyl (C=O) groups excluding carboxylic acids is 3. The molecule has 0 aliphatic carbocycles. The fourth-order valence-electron chi connectivity index (χ4n) is 9.18. The van der Waals surface area contributed by atoms with Crippen LogP contribution in [0.3, 0.4) is 0 Å². The Morgan fingerprint density at radius 3 is 0.843 bits per heavy atom. The number of hydrogen-bond donors (Lipinski definition) is 0. The Balaban J connectivity index is 4.31. The van der Waals surface area contributed by atoms with Gasteiger partial charge in [0.2, 0.25) is 0 Å². The Labute approximate surface area is 435 Å². The molecule has 0 bridgehead atoms. The van der Waals surface area contributed by atoms with E-state index >= 15 is 0 Å². The Morgan fingerprint density at radius 2 is 0.514 bits per heavy atom. The van der Waals surface area contributed by atoms with Crippen LogP contribution in [0.4, 0.5) is 0 Å². The summed E-state index contributed by atoms with van der Waals surface area (Å²) in [5, 5.41) is 0. The number of carbonyl (C=O) groups is 3. The third-order valence-electron chi connectivity index (χ3n) is 13.9. The smallest absolute Gasteiger partial charge is 0.306 e. The van der Waals surface area contributed by atoms with E-state index in [1.807, 2.05) is 0 Å². The first kappa shape index (κ1) is 67.6. The third kappa shape index (κ3) is 56.5. The van der Waals surface area contributed by atoms with Crippen LogP contribution >= 0.6 is 0 Å². The number of ether oxygens (including phenoxy) is 3. The van der Waals surface area contributed by atoms with Crippen LogP contribution in [0, 0.1) is 0 Å². The predicted octanol–water partition coefficient (Wildman–Crippen LogP) is 20.8. The van der Waals surface area contributed by atoms with E-state index in [2.05, 4.69) is 57.2 Å². The summed E-state index contributed by atoms with van der Waals surface area (Å²) in [6.07, 6.45) is 71.4. The van der Waals surface area contributed by atoms with Gasteiger partial charge in [0.25, 0.3) is 0 Å². The summed E-state index contributed by atoms with van der Waals surface area (Å²) in [5.41, 5.74) is 0. The van der Waals surface area contributed by atoms with Gasteiger partial charge in [-0.3, -0.25) is 14.4 Å². The Hall–Kier alpha value is -2.37. The van der Waals surface area contributed by atoms with Gasteiger partial charge in [-0.2, -0.15) is 0 Å². The molecule has 410 valence electrons. The highest BCUT2D eigenvalue weighted by Gasteiger charge is 2.19. The first-order chi connectivity index (χ1) is 34.5. The minimum atomic E-state index is -0.775. The number of rotatable bonds is 57. The van der Waals surface area contributed by atoms with Crippen LogP contribution in [0.25, 0.3) is 0 Å². The van der Waals surface area contributed by atoms with Crippen molar-refractivity contribution in [2.45, 2.75) is 341 Å². The van der Waals surface area contributed by atoms with Gasteiger partial charge >= 0.3 is 17.9 Å². The molecule has 0 fully saturated rings. The zero-order valence-corrected chi connectivity index (χ0v) is 47.1. The maximum Gasteiger partial charge on any atom is 0.306 e. The van der Waals surface area contributed by atoms with E-state index in [9.17, 15) is 14.4 Å². The minimum Gasteiger partial charge on any atom is -0.462 e. The van der Waals surface area contributed by atoms with E-state index < -0.39 is 6.10 Å². The molecular formula is C64H118O6. The van der Waals surface area contributed by atoms with Crippen molar-refractivity contribution in [3.8, 4) is 0 Å². The van der Waals surface area contributed by atoms with Crippen LogP contribution in [-0.4, -0.2) is 37.2 Å². The molecule has 6 heteroatoms. The van der Waals surface area contributed by atoms with E-state index in [1.165, 1.54) is 225 Å². The predicted molar refractivity (Wildman–Crippen MR) is 302 cm³/mol. The number of unbranched alkanes of at least 4 members (excludes halogenated alkanes) is 40. The topological polar surface area (TPSA) is 78.9 Å². The SMILES string of the molecule is CCCCC/C=C\C/C=C\CCCCCCCCCCCC(=O)OC(COC(=O)CCCCCCC/C=C\CCCCCC)COC(=O)CCCCCCCCCCCCCCCCCCCCCC. The summed E-state index contributed by atoms with van der Waals surface area (Å²) in [6, 6.07) is 0. The lowest BCUT2D eigenvalue weighted by Crippen LogP contribution is -2.30. The van der Waals surface area contributed by atoms with Crippen molar-refractivity contribution in [1.29, 1.82) is 0 Å². The quantitative estimate of drug-likeness (QED) is 0.0261. The molecule has 6 nitrogen and oxygen atoms in total. The molecule has 0 aromatic rings. The van der Waals surface area contributed by atoms with Gasteiger partial charge in [-0.1, -0.05) is 276 Å². The molecule has 1 unspecified atom stereocenters. The van der Waals surface area contributed by atoms with Crippen molar-refractivity contribution in [2.75, 3.05) is 13.2 Å². The molecule has 0 spiro atoms. The molecule has 0 aliphatic heterocycles. The van der Waals surface area contributed by atoms with E-state index in [4.69, 9.17) is 14.2 Å². The molecule has 0 saturated heterocycles. The molecule has 0 aromatic carbocycles. The van der Waals surface area contributed by atoms with Gasteiger partial charge in [-0.15, -0.1) is 0 Å². The van der Waals surface area contributed by atoms with Gasteiger partial charge in [-0.05, 0) is 77.0 Å². The maximum absolute atomic E-state index is 12.9. The van der Waals surface area contributed by atoms with Gasteiger partial charge in [-0.25, -0.2) is 0 Å². The van der Waals surface area contributed by atoms with Crippen molar-refractivity contribution >= 4 is 17.9 Å². The standard InChI is InChI=1S/C64H118O6/c1-4-7-10-13-16-19-22-25-27-29-31-33-34-36-39-42-45-48-51-54-57-63(66)69-60-61(59-68-62(65)56-53-50-47-44-41-38-24-21-18-15-12-9-6-3)70-64(67)58-55-52-49-46-43-40-37-35-32-30-28-26-23-20-17-14-11-8-5-2/h17,20-21,24,26,28,61H,4-16,18-19,22-23,25,27,29-60H2,1-3H3/b20-17-,24-21-,28-26-. The fourth-order valence-corrected chi connectivity index (χ4v) is 9.18. The Bertz CT molecular complexity index is 1170. The lowest BCUT2D eigenvalue weighted by atomic mass is 10.0. The minimum absolute atomic E-state index is 0.0724. The molecule has 1 atom stereocenters. The van der Waals surface area contributed by atoms with Crippen molar-refractivity contribution < 1.29 is 28.6 Å². The van der Waals surface area contributed by atoms with Crippen molar-refractivity contribution in [3.63, 3.8) is 0 Å². The van der Waals surface area contributed by atoms with Crippen LogP contribution in [-0.2, 0) is 28.6 Å². The second-order valence-corrected chi connectivity index (χ2v) is 21.0. The highest BCUT2D eigenvalue weighted by Crippen LogP contribution is 2.17. The number of hydrogen-bond acceptors (Lipinski definition) is 6. The lowest BCUT2D eigenvalue weighted by molar-refractivity contribution is -0.167. The largest absolute Gasteiger partial charge is 0.462 e. The van der Waals surface area contributed by atoms with E-state index in [0.29, 0.717) is 19.3 Å². The van der Waals surface area contributed by atoms with E-state index in [1.54, 1.807) is 0 Å². The average Bonchev–Trinajstić information content (AvgIpc) is 3.36. The zero-order valence-electron chi connectivity index (χ0n) is 47.1. The number of esters is 3. The number of allylic oxidation sites excluding steroid dienone is 6. The van der Waals surface area contributed by atoms with Crippen LogP contribution in [0.2, 0.25) is 0 Å². The lowest BCUT2D eigenvalue weighted by Gasteiger charge is -2.18. The Morgan fingerprint density at radius 1 is 0.286 bits per heavy atom. The monoisotopic (exact) mass is 983 g/mol. The molecule has 0 aromatic heterocycles. The van der Waals surface area contributed by atoms with E-state index in [-0.39, 0.29) is 31.1 Å². The molecule has 0 radical (unpaired) electrons. The second-order valence-electron chi connectivity index (χ2n) is 21.0. The second kappa shape index (κ2) is 59.2. The van der Waals surface area contributed by atoms with Crippen molar-refractivity contribution in [3.05, 3.63) is 36.5 Å². The summed E-state index contributed by atoms with van der Waals surface area (Å²) in [7, 11) is 0. The average molecular weight is 984 g/mol. The summed E-state index contributed by atoms with van der Waals surface area (Å²) in [4.78, 5) is 38.2. The summed E-state index contributed by atoms with van der Waals surface area (Å²) < 4.78 is 16.9. The van der Waals surface area contributed by atoms with Crippen molar-refractivity contribution in [1.82, 2.24) is 0 Å². The van der Waals surface area contributed by atoms with Gasteiger partial charge in [0.15, 0.2) is 6.10 Å². The molecule has 0 rings (SSSR count). The van der Waals surface area contributed by atoms with E-state index in [0.717, 1.165) is 70.6 Å². The molecule has 70 heavy (non-hydrogen) atoms. The highest BCUT2D eigenvalue weighted by molar-refractivity contribution is 5.71. The third-order valence-corrected chi connectivity index (χ3v) is 13.9. The summed E-state index contributed by atoms with van der Waals surface area (Å²) in [5.74, 6) is -0.865. The van der Waals surface area contributed by atoms with Crippen LogP contribution in [0.1, 0.15) is 335 Å². The first-order valence-corrected chi connectivity index (χ1v) is 31.0. The molecule has 0 aliphatic rings. The summed E-state index contributed by atoms with van der Waals surface area (Å²) in [6.45, 7) is 6.64. The molecule has 0 heterocycles. The van der Waals surface area contributed by atoms with Crippen LogP contribution in [0.5, 0.6) is 0 Å². The molecular weight excluding hydrogens is 865 g/mol. The highest BCUT2D eigenvalue weighted by atomic mass is 16.6. The Kier molecular flexibility index (Phi) is 57.2. The normalized spacial score (nSPS) is 12.2. The van der Waals surface area contributed by atoms with Gasteiger partial charge in [0.05, 0.1) is 0 Å². The fraction of sp³-hybridized carbons (Fsp3) is 0.859. The summed E-state index contributed by atoms with van der Waals surface area (Å²) >= 11 is 0. The maximum atomic E-state index is 12.9. The van der Waals surface area contributed by atoms with Crippen LogP contribution in [0.15, 0.2) is 36.5 Å². The molecule has 0 N–H and O–H groups in total. The molecule has 0 amide bonds.